The van der Waals surface area contributed by atoms with Crippen molar-refractivity contribution in [2.24, 2.45) is 0 Å². The van der Waals surface area contributed by atoms with E-state index in [2.05, 4.69) is 4.74 Å². The number of ether oxygens (including phenoxy) is 1. The van der Waals surface area contributed by atoms with Gasteiger partial charge >= 0.3 is 0 Å². The van der Waals surface area contributed by atoms with Gasteiger partial charge in [0.15, 0.2) is 11.6 Å². The van der Waals surface area contributed by atoms with Gasteiger partial charge < -0.3 is 10.5 Å². The number of hydrogen-bond acceptors (Lipinski definition) is 3. The molecule has 0 heterocycles. The van der Waals surface area contributed by atoms with Crippen molar-refractivity contribution in [2.75, 3.05) is 12.8 Å². The summed E-state index contributed by atoms with van der Waals surface area (Å²) in [6.45, 7) is 0. The van der Waals surface area contributed by atoms with E-state index in [0.29, 0.717) is 0 Å². The fraction of sp³-hybridized carbons (Fsp3) is 0.125. The first-order chi connectivity index (χ1) is 5.69. The van der Waals surface area contributed by atoms with Crippen LogP contribution in [0.15, 0.2) is 12.1 Å². The summed E-state index contributed by atoms with van der Waals surface area (Å²) in [5, 5.41) is 8.55. The zero-order chi connectivity index (χ0) is 9.14. The van der Waals surface area contributed by atoms with Crippen LogP contribution in [0.2, 0.25) is 0 Å². The molecule has 2 N–H and O–H groups in total. The van der Waals surface area contributed by atoms with Gasteiger partial charge in [0.1, 0.15) is 6.07 Å². The van der Waals surface area contributed by atoms with Gasteiger partial charge in [0.2, 0.25) is 0 Å². The van der Waals surface area contributed by atoms with Gasteiger partial charge in [-0.15, -0.1) is 0 Å². The molecular formula is C8H7FN2O. The summed E-state index contributed by atoms with van der Waals surface area (Å²) in [6, 6.07) is 4.26. The SMILES string of the molecule is COc1c(F)cc(N)cc1C#N. The van der Waals surface area contributed by atoms with Crippen molar-refractivity contribution in [3.63, 3.8) is 0 Å². The molecule has 0 bridgehead atoms. The third kappa shape index (κ3) is 1.30. The Hall–Kier alpha value is -1.76. The van der Waals surface area contributed by atoms with Crippen molar-refractivity contribution in [1.29, 1.82) is 5.26 Å². The number of benzene rings is 1. The third-order valence-electron chi connectivity index (χ3n) is 1.39. The Labute approximate surface area is 69.2 Å². The second kappa shape index (κ2) is 3.09. The number of anilines is 1. The lowest BCUT2D eigenvalue weighted by Crippen LogP contribution is -1.95. The van der Waals surface area contributed by atoms with E-state index in [0.717, 1.165) is 6.07 Å². The first-order valence-corrected chi connectivity index (χ1v) is 3.22. The number of rotatable bonds is 1. The van der Waals surface area contributed by atoms with Crippen LogP contribution in [0.25, 0.3) is 0 Å². The molecule has 0 aliphatic rings. The smallest absolute Gasteiger partial charge is 0.172 e. The first-order valence-electron chi connectivity index (χ1n) is 3.22. The summed E-state index contributed by atoms with van der Waals surface area (Å²) in [7, 11) is 1.30. The van der Waals surface area contributed by atoms with Gasteiger partial charge in [-0.05, 0) is 6.07 Å². The molecule has 3 nitrogen and oxygen atoms in total. The van der Waals surface area contributed by atoms with E-state index in [4.69, 9.17) is 11.0 Å². The van der Waals surface area contributed by atoms with Crippen molar-refractivity contribution in [3.8, 4) is 11.8 Å². The first kappa shape index (κ1) is 8.34. The minimum absolute atomic E-state index is 0.0632. The number of nitrogens with zero attached hydrogens (tertiary/aromatic N) is 1. The monoisotopic (exact) mass is 166 g/mol. The van der Waals surface area contributed by atoms with Crippen LogP contribution in [0.5, 0.6) is 5.75 Å². The van der Waals surface area contributed by atoms with Crippen molar-refractivity contribution in [1.82, 2.24) is 0 Å². The van der Waals surface area contributed by atoms with Gasteiger partial charge in [-0.1, -0.05) is 0 Å². The minimum atomic E-state index is -0.617. The molecule has 62 valence electrons. The molecule has 0 saturated carbocycles. The Bertz CT molecular complexity index is 344. The normalized spacial score (nSPS) is 9.08. The minimum Gasteiger partial charge on any atom is -0.492 e. The molecule has 1 aromatic rings. The predicted molar refractivity (Wildman–Crippen MR) is 42.1 cm³/mol. The number of nitrogen functional groups attached to an aromatic ring is 1. The van der Waals surface area contributed by atoms with Crippen LogP contribution in [0.4, 0.5) is 10.1 Å². The van der Waals surface area contributed by atoms with Crippen LogP contribution in [-0.4, -0.2) is 7.11 Å². The molecule has 0 atom stereocenters. The zero-order valence-electron chi connectivity index (χ0n) is 6.47. The predicted octanol–water partition coefficient (Wildman–Crippen LogP) is 1.29. The van der Waals surface area contributed by atoms with Crippen LogP contribution in [0.1, 0.15) is 5.56 Å². The average molecular weight is 166 g/mol. The maximum Gasteiger partial charge on any atom is 0.172 e. The summed E-state index contributed by atoms with van der Waals surface area (Å²) >= 11 is 0. The Morgan fingerprint density at radius 1 is 1.58 bits per heavy atom. The number of nitriles is 1. The summed E-state index contributed by atoms with van der Waals surface area (Å²) in [5.41, 5.74) is 5.63. The van der Waals surface area contributed by atoms with Gasteiger partial charge in [-0.2, -0.15) is 5.26 Å². The molecule has 4 heteroatoms. The van der Waals surface area contributed by atoms with Gasteiger partial charge in [0.25, 0.3) is 0 Å². The molecular weight excluding hydrogens is 159 g/mol. The fourth-order valence-electron chi connectivity index (χ4n) is 0.905. The van der Waals surface area contributed by atoms with E-state index in [1.807, 2.05) is 0 Å². The molecule has 1 aromatic carbocycles. The van der Waals surface area contributed by atoms with E-state index in [9.17, 15) is 4.39 Å². The number of methoxy groups -OCH3 is 1. The zero-order valence-corrected chi connectivity index (χ0v) is 6.47. The number of hydrogen-bond donors (Lipinski definition) is 1. The topological polar surface area (TPSA) is 59.0 Å². The molecule has 0 amide bonds. The summed E-state index contributed by atoms with van der Waals surface area (Å²) in [5.74, 6) is -0.680. The molecule has 0 fully saturated rings. The van der Waals surface area contributed by atoms with Crippen molar-refractivity contribution in [3.05, 3.63) is 23.5 Å². The van der Waals surface area contributed by atoms with E-state index >= 15 is 0 Å². The second-order valence-electron chi connectivity index (χ2n) is 2.20. The Kier molecular flexibility index (Phi) is 2.15. The second-order valence-corrected chi connectivity index (χ2v) is 2.20. The lowest BCUT2D eigenvalue weighted by Gasteiger charge is -2.04. The molecule has 0 unspecified atom stereocenters. The van der Waals surface area contributed by atoms with Crippen molar-refractivity contribution >= 4 is 5.69 Å². The lowest BCUT2D eigenvalue weighted by molar-refractivity contribution is 0.385. The third-order valence-corrected chi connectivity index (χ3v) is 1.39. The van der Waals surface area contributed by atoms with Gasteiger partial charge in [-0.3, -0.25) is 0 Å². The molecule has 0 aliphatic carbocycles. The van der Waals surface area contributed by atoms with Crippen molar-refractivity contribution in [2.45, 2.75) is 0 Å². The van der Waals surface area contributed by atoms with Gasteiger partial charge in [0.05, 0.1) is 12.7 Å². The standard InChI is InChI=1S/C8H7FN2O/c1-12-8-5(4-10)2-6(11)3-7(8)9/h2-3H,11H2,1H3. The van der Waals surface area contributed by atoms with Crippen LogP contribution < -0.4 is 10.5 Å². The Morgan fingerprint density at radius 3 is 2.75 bits per heavy atom. The molecule has 0 radical (unpaired) electrons. The van der Waals surface area contributed by atoms with Crippen LogP contribution in [0.3, 0.4) is 0 Å². The van der Waals surface area contributed by atoms with Gasteiger partial charge in [0, 0.05) is 11.8 Å². The molecule has 0 aromatic heterocycles. The molecule has 12 heavy (non-hydrogen) atoms. The maximum atomic E-state index is 12.9. The average Bonchev–Trinajstić information content (AvgIpc) is 2.03. The quantitative estimate of drug-likeness (QED) is 0.639. The van der Waals surface area contributed by atoms with E-state index in [1.54, 1.807) is 6.07 Å². The Balaban J connectivity index is 3.36. The summed E-state index contributed by atoms with van der Waals surface area (Å²) < 4.78 is 17.6. The van der Waals surface area contributed by atoms with E-state index in [1.165, 1.54) is 13.2 Å². The maximum absolute atomic E-state index is 12.9. The molecule has 0 aliphatic heterocycles. The number of halogens is 1. The molecule has 0 spiro atoms. The van der Waals surface area contributed by atoms with Crippen LogP contribution in [-0.2, 0) is 0 Å². The van der Waals surface area contributed by atoms with E-state index in [-0.39, 0.29) is 17.0 Å². The lowest BCUT2D eigenvalue weighted by atomic mass is 10.2. The summed E-state index contributed by atoms with van der Waals surface area (Å²) in [4.78, 5) is 0. The number of nitrogens with two attached hydrogens (primary N) is 1. The van der Waals surface area contributed by atoms with Gasteiger partial charge in [-0.25, -0.2) is 4.39 Å². The van der Waals surface area contributed by atoms with Crippen LogP contribution >= 0.6 is 0 Å². The highest BCUT2D eigenvalue weighted by Gasteiger charge is 2.09. The fourth-order valence-corrected chi connectivity index (χ4v) is 0.905. The van der Waals surface area contributed by atoms with Crippen LogP contribution in [0, 0.1) is 17.1 Å². The Morgan fingerprint density at radius 2 is 2.25 bits per heavy atom. The molecule has 0 saturated heterocycles. The van der Waals surface area contributed by atoms with E-state index < -0.39 is 5.82 Å². The van der Waals surface area contributed by atoms with Crippen molar-refractivity contribution < 1.29 is 9.13 Å². The summed E-state index contributed by atoms with van der Waals surface area (Å²) in [6.07, 6.45) is 0. The highest BCUT2D eigenvalue weighted by atomic mass is 19.1. The largest absolute Gasteiger partial charge is 0.492 e. The molecule has 1 rings (SSSR count). The highest BCUT2D eigenvalue weighted by Crippen LogP contribution is 2.24. The highest BCUT2D eigenvalue weighted by molar-refractivity contribution is 5.53.